The molecule has 5 rings (SSSR count). The number of carbonyl (C=O) groups is 1. The first-order valence-corrected chi connectivity index (χ1v) is 11.5. The standard InChI is InChI=1S/C24H23F3N6O4.ClH/c25-24(26,27)15-3-1-2-14(8-15)21-29-10-19-22(31-21)33(17-5-7-32(19)11-17)23(36)30-16-4-6-28-20(9-16)37-13-18(35)12-34;/h1-4,6,8-10,17-18,34-35H,5,7,11-13H2,(H,28,30,36);1H/t17-,18?;/m0./s1. The van der Waals surface area contributed by atoms with Crippen LogP contribution >= 0.6 is 12.4 Å². The van der Waals surface area contributed by atoms with Crippen molar-refractivity contribution in [2.24, 2.45) is 0 Å². The van der Waals surface area contributed by atoms with Crippen LogP contribution in [0.15, 0.2) is 48.8 Å². The van der Waals surface area contributed by atoms with Gasteiger partial charge in [0.1, 0.15) is 12.7 Å². The number of anilines is 3. The molecule has 2 atom stereocenters. The van der Waals surface area contributed by atoms with Gasteiger partial charge >= 0.3 is 12.2 Å². The van der Waals surface area contributed by atoms with Crippen LogP contribution in [0.2, 0.25) is 0 Å². The number of aliphatic hydroxyl groups is 2. The summed E-state index contributed by atoms with van der Waals surface area (Å²) in [5.74, 6) is 0.531. The second kappa shape index (κ2) is 11.0. The molecule has 0 radical (unpaired) electrons. The highest BCUT2D eigenvalue weighted by Crippen LogP contribution is 2.40. The Kier molecular flexibility index (Phi) is 7.90. The van der Waals surface area contributed by atoms with Crippen molar-refractivity contribution in [2.45, 2.75) is 24.7 Å². The Bertz CT molecular complexity index is 1310. The highest BCUT2D eigenvalue weighted by atomic mass is 35.5. The minimum atomic E-state index is -4.51. The molecular formula is C24H24ClF3N6O4. The van der Waals surface area contributed by atoms with Crippen LogP contribution in [0.25, 0.3) is 11.4 Å². The first kappa shape index (κ1) is 27.4. The fourth-order valence-corrected chi connectivity index (χ4v) is 4.33. The zero-order chi connectivity index (χ0) is 26.2. The van der Waals surface area contributed by atoms with Crippen molar-refractivity contribution in [2.75, 3.05) is 41.4 Å². The van der Waals surface area contributed by atoms with E-state index in [1.165, 1.54) is 35.5 Å². The number of hydrogen-bond donors (Lipinski definition) is 3. The Labute approximate surface area is 221 Å². The minimum Gasteiger partial charge on any atom is -0.475 e. The number of hydrogen-bond acceptors (Lipinski definition) is 8. The molecule has 2 bridgehead atoms. The Hall–Kier alpha value is -3.68. The summed E-state index contributed by atoms with van der Waals surface area (Å²) < 4.78 is 45.0. The van der Waals surface area contributed by atoms with Crippen LogP contribution in [0.3, 0.4) is 0 Å². The van der Waals surface area contributed by atoms with Crippen molar-refractivity contribution in [3.63, 3.8) is 0 Å². The van der Waals surface area contributed by atoms with Gasteiger partial charge in [0.25, 0.3) is 0 Å². The molecule has 1 unspecified atom stereocenters. The number of fused-ring (bicyclic) bond motifs is 4. The van der Waals surface area contributed by atoms with E-state index in [1.54, 1.807) is 6.07 Å². The molecule has 10 nitrogen and oxygen atoms in total. The van der Waals surface area contributed by atoms with E-state index in [0.717, 1.165) is 12.1 Å². The molecule has 4 heterocycles. The van der Waals surface area contributed by atoms with Crippen molar-refractivity contribution in [3.8, 4) is 17.3 Å². The lowest BCUT2D eigenvalue weighted by atomic mass is 10.1. The summed E-state index contributed by atoms with van der Waals surface area (Å²) in [7, 11) is 0. The number of benzene rings is 1. The molecule has 202 valence electrons. The molecule has 1 saturated heterocycles. The normalized spacial score (nSPS) is 16.9. The SMILES string of the molecule is Cl.O=C(Nc1ccnc(OCC(O)CO)c1)N1c2nc(-c3cccc(C(F)(F)F)c3)ncc2N2CC[C@H]1C2. The van der Waals surface area contributed by atoms with Crippen LogP contribution in [0.4, 0.5) is 35.2 Å². The maximum absolute atomic E-state index is 13.4. The number of ether oxygens (including phenoxy) is 1. The molecule has 1 fully saturated rings. The van der Waals surface area contributed by atoms with Crippen molar-refractivity contribution >= 4 is 35.6 Å². The molecule has 3 N–H and O–H groups in total. The molecule has 2 aliphatic heterocycles. The highest BCUT2D eigenvalue weighted by molar-refractivity contribution is 6.04. The fourth-order valence-electron chi connectivity index (χ4n) is 4.33. The number of amides is 2. The second-order valence-electron chi connectivity index (χ2n) is 8.70. The average Bonchev–Trinajstić information content (AvgIpc) is 3.31. The summed E-state index contributed by atoms with van der Waals surface area (Å²) in [5, 5.41) is 21.2. The Balaban J connectivity index is 0.00000336. The van der Waals surface area contributed by atoms with E-state index in [0.29, 0.717) is 36.7 Å². The van der Waals surface area contributed by atoms with Crippen molar-refractivity contribution in [3.05, 3.63) is 54.4 Å². The molecular weight excluding hydrogens is 529 g/mol. The van der Waals surface area contributed by atoms with E-state index < -0.39 is 30.5 Å². The largest absolute Gasteiger partial charge is 0.475 e. The zero-order valence-corrected chi connectivity index (χ0v) is 20.6. The van der Waals surface area contributed by atoms with Gasteiger partial charge in [-0.05, 0) is 24.6 Å². The number of rotatable bonds is 6. The molecule has 0 saturated carbocycles. The maximum Gasteiger partial charge on any atom is 0.416 e. The third kappa shape index (κ3) is 5.59. The first-order valence-electron chi connectivity index (χ1n) is 11.5. The predicted octanol–water partition coefficient (Wildman–Crippen LogP) is 3.34. The lowest BCUT2D eigenvalue weighted by Crippen LogP contribution is -2.48. The van der Waals surface area contributed by atoms with Crippen LogP contribution in [-0.2, 0) is 6.18 Å². The van der Waals surface area contributed by atoms with E-state index in [-0.39, 0.29) is 42.3 Å². The van der Waals surface area contributed by atoms with Crippen LogP contribution < -0.4 is 19.9 Å². The molecule has 0 spiro atoms. The second-order valence-corrected chi connectivity index (χ2v) is 8.70. The lowest BCUT2D eigenvalue weighted by Gasteiger charge is -2.35. The first-order chi connectivity index (χ1) is 17.7. The fraction of sp³-hybridized carbons (Fsp3) is 0.333. The topological polar surface area (TPSA) is 124 Å². The molecule has 3 aromatic rings. The van der Waals surface area contributed by atoms with Gasteiger partial charge in [0.05, 0.1) is 30.1 Å². The molecule has 2 aliphatic rings. The van der Waals surface area contributed by atoms with Gasteiger partial charge < -0.3 is 25.2 Å². The molecule has 1 aromatic carbocycles. The highest BCUT2D eigenvalue weighted by Gasteiger charge is 2.41. The van der Waals surface area contributed by atoms with E-state index in [9.17, 15) is 23.1 Å². The summed E-state index contributed by atoms with van der Waals surface area (Å²) >= 11 is 0. The van der Waals surface area contributed by atoms with Crippen molar-refractivity contribution < 1.29 is 32.9 Å². The quantitative estimate of drug-likeness (QED) is 0.425. The summed E-state index contributed by atoms with van der Waals surface area (Å²) in [4.78, 5) is 29.8. The van der Waals surface area contributed by atoms with Gasteiger partial charge in [0.15, 0.2) is 11.6 Å². The van der Waals surface area contributed by atoms with Crippen LogP contribution in [0, 0.1) is 0 Å². The Morgan fingerprint density at radius 3 is 2.82 bits per heavy atom. The third-order valence-electron chi connectivity index (χ3n) is 6.13. The zero-order valence-electron chi connectivity index (χ0n) is 19.8. The van der Waals surface area contributed by atoms with Crippen molar-refractivity contribution in [1.29, 1.82) is 0 Å². The van der Waals surface area contributed by atoms with E-state index in [1.807, 2.05) is 4.90 Å². The number of nitrogens with one attached hydrogen (secondary N) is 1. The monoisotopic (exact) mass is 552 g/mol. The number of carbonyl (C=O) groups excluding carboxylic acids is 1. The van der Waals surface area contributed by atoms with Gasteiger partial charge in [-0.3, -0.25) is 4.90 Å². The number of pyridine rings is 1. The molecule has 0 aliphatic carbocycles. The van der Waals surface area contributed by atoms with Crippen LogP contribution in [-0.4, -0.2) is 69.6 Å². The van der Waals surface area contributed by atoms with Gasteiger partial charge in [0.2, 0.25) is 5.88 Å². The summed E-state index contributed by atoms with van der Waals surface area (Å²) in [6.45, 7) is 0.631. The lowest BCUT2D eigenvalue weighted by molar-refractivity contribution is -0.137. The Morgan fingerprint density at radius 1 is 1.24 bits per heavy atom. The van der Waals surface area contributed by atoms with Gasteiger partial charge in [-0.1, -0.05) is 12.1 Å². The van der Waals surface area contributed by atoms with Gasteiger partial charge in [-0.2, -0.15) is 13.2 Å². The van der Waals surface area contributed by atoms with E-state index in [4.69, 9.17) is 9.84 Å². The third-order valence-corrected chi connectivity index (χ3v) is 6.13. The summed E-state index contributed by atoms with van der Waals surface area (Å²) in [6, 6.07) is 7.12. The summed E-state index contributed by atoms with van der Waals surface area (Å²) in [5.41, 5.74) is 0.373. The maximum atomic E-state index is 13.4. The molecule has 2 amide bonds. The molecule has 2 aromatic heterocycles. The van der Waals surface area contributed by atoms with Gasteiger partial charge in [-0.25, -0.2) is 19.7 Å². The van der Waals surface area contributed by atoms with Gasteiger partial charge in [0, 0.05) is 36.6 Å². The van der Waals surface area contributed by atoms with Crippen LogP contribution in [0.1, 0.15) is 12.0 Å². The summed E-state index contributed by atoms with van der Waals surface area (Å²) in [6.07, 6.45) is -1.94. The minimum absolute atomic E-state index is 0. The smallest absolute Gasteiger partial charge is 0.416 e. The number of alkyl halides is 3. The number of aromatic nitrogens is 3. The van der Waals surface area contributed by atoms with E-state index in [2.05, 4.69) is 20.3 Å². The molecule has 14 heteroatoms. The van der Waals surface area contributed by atoms with Crippen molar-refractivity contribution in [1.82, 2.24) is 15.0 Å². The average molecular weight is 553 g/mol. The number of aliphatic hydroxyl groups excluding tert-OH is 2. The number of urea groups is 1. The molecule has 38 heavy (non-hydrogen) atoms. The predicted molar refractivity (Wildman–Crippen MR) is 135 cm³/mol. The van der Waals surface area contributed by atoms with E-state index >= 15 is 0 Å². The Morgan fingerprint density at radius 2 is 2.05 bits per heavy atom. The number of nitrogens with zero attached hydrogens (tertiary/aromatic N) is 5. The van der Waals surface area contributed by atoms with Gasteiger partial charge in [-0.15, -0.1) is 12.4 Å². The number of halogens is 4. The van der Waals surface area contributed by atoms with Crippen LogP contribution in [0.5, 0.6) is 5.88 Å².